The van der Waals surface area contributed by atoms with E-state index in [-0.39, 0.29) is 0 Å². The van der Waals surface area contributed by atoms with Crippen LogP contribution in [0, 0.1) is 19.8 Å². The molecule has 0 amide bonds. The zero-order valence-corrected chi connectivity index (χ0v) is 19.8. The number of ether oxygens (including phenoxy) is 1. The third-order valence-electron chi connectivity index (χ3n) is 5.63. The number of rotatable bonds is 7. The van der Waals surface area contributed by atoms with E-state index in [9.17, 15) is 8.42 Å². The summed E-state index contributed by atoms with van der Waals surface area (Å²) >= 11 is 3.30. The lowest BCUT2D eigenvalue weighted by atomic mass is 9.86. The maximum atomic E-state index is 12.5. The van der Waals surface area contributed by atoms with Crippen molar-refractivity contribution in [1.82, 2.24) is 19.0 Å². The van der Waals surface area contributed by atoms with Crippen molar-refractivity contribution < 1.29 is 13.2 Å². The molecule has 8 nitrogen and oxygen atoms in total. The Bertz CT molecular complexity index is 953. The molecule has 2 unspecified atom stereocenters. The highest BCUT2D eigenvalue weighted by Gasteiger charge is 2.27. The number of hydrogen-bond donors (Lipinski definition) is 2. The average Bonchev–Trinajstić information content (AvgIpc) is 3.33. The predicted molar refractivity (Wildman–Crippen MR) is 121 cm³/mol. The molecular weight excluding hydrogens is 442 g/mol. The van der Waals surface area contributed by atoms with Crippen LogP contribution in [0.5, 0.6) is 0 Å². The second-order valence-electron chi connectivity index (χ2n) is 7.91. The average molecular weight is 472 g/mol. The molecule has 2 atom stereocenters. The molecule has 1 saturated carbocycles. The van der Waals surface area contributed by atoms with E-state index in [0.29, 0.717) is 44.8 Å². The number of morpholine rings is 1. The first-order valence-electron chi connectivity index (χ1n) is 10.4. The smallest absolute Gasteiger partial charge is 0.279 e. The van der Waals surface area contributed by atoms with Gasteiger partial charge in [-0.2, -0.15) is 12.7 Å². The molecule has 4 rings (SSSR count). The summed E-state index contributed by atoms with van der Waals surface area (Å²) in [5.41, 5.74) is 1.90. The zero-order chi connectivity index (χ0) is 21.1. The van der Waals surface area contributed by atoms with Crippen molar-refractivity contribution in [1.29, 1.82) is 0 Å². The van der Waals surface area contributed by atoms with Crippen molar-refractivity contribution in [2.24, 2.45) is 5.92 Å². The quantitative estimate of drug-likeness (QED) is 0.644. The number of aromatic nitrogens is 2. The topological polar surface area (TPSA) is 96.5 Å². The summed E-state index contributed by atoms with van der Waals surface area (Å²) in [7, 11) is -3.42. The zero-order valence-electron chi connectivity index (χ0n) is 17.4. The van der Waals surface area contributed by atoms with Gasteiger partial charge in [-0.15, -0.1) is 22.7 Å². The monoisotopic (exact) mass is 471 g/mol. The molecule has 166 valence electrons. The fourth-order valence-corrected chi connectivity index (χ4v) is 6.96. The number of anilines is 1. The molecule has 0 aromatic carbocycles. The van der Waals surface area contributed by atoms with Gasteiger partial charge in [-0.05, 0) is 39.0 Å². The third kappa shape index (κ3) is 5.38. The molecule has 2 fully saturated rings. The lowest BCUT2D eigenvalue weighted by Gasteiger charge is -2.31. The van der Waals surface area contributed by atoms with Gasteiger partial charge in [0.15, 0.2) is 5.13 Å². The molecule has 2 aromatic heterocycles. The summed E-state index contributed by atoms with van der Waals surface area (Å²) in [4.78, 5) is 10.5. The maximum absolute atomic E-state index is 12.5. The van der Waals surface area contributed by atoms with Crippen LogP contribution >= 0.6 is 22.7 Å². The fourth-order valence-electron chi connectivity index (χ4n) is 4.10. The van der Waals surface area contributed by atoms with Gasteiger partial charge < -0.3 is 10.1 Å². The highest BCUT2D eigenvalue weighted by Crippen LogP contribution is 2.32. The first-order valence-corrected chi connectivity index (χ1v) is 13.5. The van der Waals surface area contributed by atoms with Crippen LogP contribution in [0.15, 0.2) is 5.38 Å². The Kier molecular flexibility index (Phi) is 7.05. The molecule has 11 heteroatoms. The molecule has 1 saturated heterocycles. The molecule has 2 aliphatic rings. The van der Waals surface area contributed by atoms with Crippen LogP contribution in [0.25, 0.3) is 11.4 Å². The first-order chi connectivity index (χ1) is 14.4. The van der Waals surface area contributed by atoms with E-state index in [0.717, 1.165) is 47.2 Å². The first kappa shape index (κ1) is 22.1. The molecule has 1 aliphatic carbocycles. The minimum Gasteiger partial charge on any atom is -0.379 e. The van der Waals surface area contributed by atoms with Gasteiger partial charge in [0, 0.05) is 35.9 Å². The Morgan fingerprint density at radius 2 is 2.03 bits per heavy atom. The maximum Gasteiger partial charge on any atom is 0.279 e. The van der Waals surface area contributed by atoms with E-state index < -0.39 is 10.2 Å². The minimum absolute atomic E-state index is 0.314. The molecule has 0 spiro atoms. The van der Waals surface area contributed by atoms with Crippen LogP contribution in [-0.4, -0.2) is 61.6 Å². The van der Waals surface area contributed by atoms with Gasteiger partial charge in [0.05, 0.1) is 18.2 Å². The normalized spacial score (nSPS) is 23.5. The van der Waals surface area contributed by atoms with Crippen molar-refractivity contribution in [2.45, 2.75) is 45.6 Å². The van der Waals surface area contributed by atoms with Gasteiger partial charge >= 0.3 is 0 Å². The number of nitrogens with zero attached hydrogens (tertiary/aromatic N) is 3. The molecule has 2 N–H and O–H groups in total. The van der Waals surface area contributed by atoms with E-state index in [1.807, 2.05) is 6.92 Å². The van der Waals surface area contributed by atoms with E-state index >= 15 is 0 Å². The van der Waals surface area contributed by atoms with Crippen molar-refractivity contribution in [3.05, 3.63) is 15.3 Å². The number of hydrogen-bond acceptors (Lipinski definition) is 8. The van der Waals surface area contributed by atoms with Crippen molar-refractivity contribution in [2.75, 3.05) is 38.2 Å². The van der Waals surface area contributed by atoms with Crippen LogP contribution in [0.2, 0.25) is 0 Å². The number of aryl methyl sites for hydroxylation is 2. The van der Waals surface area contributed by atoms with E-state index in [1.54, 1.807) is 22.7 Å². The Morgan fingerprint density at radius 1 is 1.23 bits per heavy atom. The Hall–Kier alpha value is -1.11. The van der Waals surface area contributed by atoms with Gasteiger partial charge in [0.2, 0.25) is 0 Å². The van der Waals surface area contributed by atoms with Crippen molar-refractivity contribution >= 4 is 38.0 Å². The summed E-state index contributed by atoms with van der Waals surface area (Å²) < 4.78 is 34.5. The van der Waals surface area contributed by atoms with E-state index in [2.05, 4.69) is 27.3 Å². The Labute approximate surface area is 186 Å². The summed E-state index contributed by atoms with van der Waals surface area (Å²) in [6.45, 7) is 6.36. The van der Waals surface area contributed by atoms with Gasteiger partial charge in [0.1, 0.15) is 11.4 Å². The second kappa shape index (κ2) is 9.58. The lowest BCUT2D eigenvalue weighted by Crippen LogP contribution is -2.48. The molecular formula is C19H29N5O3S3. The Morgan fingerprint density at radius 3 is 2.77 bits per heavy atom. The molecule has 3 heterocycles. The number of thiazole rings is 2. The van der Waals surface area contributed by atoms with E-state index in [1.165, 1.54) is 9.18 Å². The van der Waals surface area contributed by atoms with Crippen LogP contribution in [0.4, 0.5) is 5.13 Å². The van der Waals surface area contributed by atoms with Crippen molar-refractivity contribution in [3.8, 4) is 11.4 Å². The largest absolute Gasteiger partial charge is 0.379 e. The van der Waals surface area contributed by atoms with Crippen molar-refractivity contribution in [3.63, 3.8) is 0 Å². The summed E-state index contributed by atoms with van der Waals surface area (Å²) in [6, 6.07) is 0.314. The second-order valence-corrected chi connectivity index (χ2v) is 11.9. The van der Waals surface area contributed by atoms with E-state index in [4.69, 9.17) is 9.72 Å². The fraction of sp³-hybridized carbons (Fsp3) is 0.684. The summed E-state index contributed by atoms with van der Waals surface area (Å²) in [5.74, 6) is 0.329. The third-order valence-corrected chi connectivity index (χ3v) is 8.86. The van der Waals surface area contributed by atoms with Crippen LogP contribution in [0.1, 0.15) is 35.6 Å². The highest BCUT2D eigenvalue weighted by molar-refractivity contribution is 7.87. The highest BCUT2D eigenvalue weighted by atomic mass is 32.2. The molecule has 2 aromatic rings. The molecule has 1 aliphatic heterocycles. The van der Waals surface area contributed by atoms with Gasteiger partial charge in [-0.1, -0.05) is 6.42 Å². The molecule has 0 bridgehead atoms. The molecule has 30 heavy (non-hydrogen) atoms. The van der Waals surface area contributed by atoms with Crippen LogP contribution < -0.4 is 10.0 Å². The van der Waals surface area contributed by atoms with Gasteiger partial charge in [-0.3, -0.25) is 0 Å². The molecule has 0 radical (unpaired) electrons. The minimum atomic E-state index is -3.42. The predicted octanol–water partition coefficient (Wildman–Crippen LogP) is 3.02. The van der Waals surface area contributed by atoms with Gasteiger partial charge in [0.25, 0.3) is 10.2 Å². The number of nitrogens with one attached hydrogen (secondary N) is 2. The Balaban J connectivity index is 1.31. The lowest BCUT2D eigenvalue weighted by molar-refractivity contribution is 0.0724. The van der Waals surface area contributed by atoms with Crippen LogP contribution in [0.3, 0.4) is 0 Å². The van der Waals surface area contributed by atoms with Crippen LogP contribution in [-0.2, 0) is 14.9 Å². The standard InChI is InChI=1S/C19H29N5O3S3/c1-13-18(21-14(2)29-13)17-12-28-19(23-17)22-16-5-3-4-15(10-16)11-20-30(25,26)24-6-8-27-9-7-24/h12,15-16,20H,3-11H2,1-2H3,(H,22,23). The summed E-state index contributed by atoms with van der Waals surface area (Å²) in [6.07, 6.45) is 4.15. The summed E-state index contributed by atoms with van der Waals surface area (Å²) in [5, 5.41) is 7.59. The van der Waals surface area contributed by atoms with Gasteiger partial charge in [-0.25, -0.2) is 14.7 Å². The SMILES string of the molecule is Cc1nc(-c2csc(NC3CCCC(CNS(=O)(=O)N4CCOCC4)C3)n2)c(C)s1.